The van der Waals surface area contributed by atoms with Crippen LogP contribution in [0.1, 0.15) is 60.2 Å². The van der Waals surface area contributed by atoms with Crippen molar-refractivity contribution in [3.8, 4) is 0 Å². The quantitative estimate of drug-likeness (QED) is 0.644. The molecule has 3 amide bonds. The largest absolute Gasteiger partial charge is 0.376 e. The zero-order valence-electron chi connectivity index (χ0n) is 20.8. The first kappa shape index (κ1) is 24.8. The van der Waals surface area contributed by atoms with E-state index in [1.165, 1.54) is 0 Å². The van der Waals surface area contributed by atoms with Crippen LogP contribution in [-0.2, 0) is 4.79 Å². The molecule has 186 valence electrons. The molecular formula is C28H36N4O3. The Morgan fingerprint density at radius 1 is 0.743 bits per heavy atom. The minimum absolute atomic E-state index is 0.0405. The third kappa shape index (κ3) is 6.62. The van der Waals surface area contributed by atoms with Gasteiger partial charge in [0, 0.05) is 48.7 Å². The Kier molecular flexibility index (Phi) is 8.06. The molecule has 2 aromatic rings. The van der Waals surface area contributed by atoms with Crippen LogP contribution < -0.4 is 10.6 Å². The summed E-state index contributed by atoms with van der Waals surface area (Å²) >= 11 is 0. The number of nitrogens with one attached hydrogen (secondary N) is 2. The summed E-state index contributed by atoms with van der Waals surface area (Å²) in [5.74, 6) is 1.23. The SMILES string of the molecule is CC1CCN(C(=O)c2ccc(NC(=O)CNc3cccc(C(=O)N4CCC(C)CC4)c3)cc2)CC1. The summed E-state index contributed by atoms with van der Waals surface area (Å²) in [4.78, 5) is 41.8. The Labute approximate surface area is 207 Å². The highest BCUT2D eigenvalue weighted by molar-refractivity contribution is 5.97. The predicted octanol–water partition coefficient (Wildman–Crippen LogP) is 4.48. The number of piperidine rings is 2. The predicted molar refractivity (Wildman–Crippen MR) is 139 cm³/mol. The van der Waals surface area contributed by atoms with E-state index >= 15 is 0 Å². The van der Waals surface area contributed by atoms with Gasteiger partial charge in [0.15, 0.2) is 0 Å². The molecule has 2 fully saturated rings. The minimum Gasteiger partial charge on any atom is -0.376 e. The van der Waals surface area contributed by atoms with Crippen LogP contribution in [0.25, 0.3) is 0 Å². The van der Waals surface area contributed by atoms with Gasteiger partial charge >= 0.3 is 0 Å². The third-order valence-corrected chi connectivity index (χ3v) is 7.12. The number of nitrogens with zero attached hydrogens (tertiary/aromatic N) is 2. The highest BCUT2D eigenvalue weighted by Gasteiger charge is 2.22. The third-order valence-electron chi connectivity index (χ3n) is 7.12. The molecule has 2 saturated heterocycles. The van der Waals surface area contributed by atoms with E-state index in [9.17, 15) is 14.4 Å². The lowest BCUT2D eigenvalue weighted by Crippen LogP contribution is -2.37. The topological polar surface area (TPSA) is 81.8 Å². The lowest BCUT2D eigenvalue weighted by Gasteiger charge is -2.30. The second-order valence-corrected chi connectivity index (χ2v) is 10.0. The summed E-state index contributed by atoms with van der Waals surface area (Å²) in [5, 5.41) is 5.96. The van der Waals surface area contributed by atoms with Crippen molar-refractivity contribution in [2.45, 2.75) is 39.5 Å². The van der Waals surface area contributed by atoms with Gasteiger partial charge in [0.25, 0.3) is 11.8 Å². The summed E-state index contributed by atoms with van der Waals surface area (Å²) in [7, 11) is 0. The summed E-state index contributed by atoms with van der Waals surface area (Å²) in [6.45, 7) is 7.71. The van der Waals surface area contributed by atoms with Gasteiger partial charge in [-0.3, -0.25) is 14.4 Å². The number of benzene rings is 2. The number of carbonyl (C=O) groups excluding carboxylic acids is 3. The van der Waals surface area contributed by atoms with E-state index in [-0.39, 0.29) is 24.3 Å². The van der Waals surface area contributed by atoms with E-state index < -0.39 is 0 Å². The fourth-order valence-corrected chi connectivity index (χ4v) is 4.63. The van der Waals surface area contributed by atoms with Crippen molar-refractivity contribution in [1.82, 2.24) is 9.80 Å². The van der Waals surface area contributed by atoms with Crippen LogP contribution in [-0.4, -0.2) is 60.2 Å². The molecule has 0 spiro atoms. The average Bonchev–Trinajstić information content (AvgIpc) is 2.88. The standard InChI is InChI=1S/C28H36N4O3/c1-20-10-14-31(15-11-20)27(34)22-6-8-24(9-7-22)30-26(33)19-29-25-5-3-4-23(18-25)28(35)32-16-12-21(2)13-17-32/h3-9,18,20-21,29H,10-17,19H2,1-2H3,(H,30,33). The maximum atomic E-state index is 12.8. The van der Waals surface area contributed by atoms with Gasteiger partial charge in [0.1, 0.15) is 0 Å². The van der Waals surface area contributed by atoms with Gasteiger partial charge in [-0.05, 0) is 80.0 Å². The summed E-state index contributed by atoms with van der Waals surface area (Å²) < 4.78 is 0. The van der Waals surface area contributed by atoms with E-state index in [4.69, 9.17) is 0 Å². The molecule has 7 heteroatoms. The van der Waals surface area contributed by atoms with Gasteiger partial charge < -0.3 is 20.4 Å². The van der Waals surface area contributed by atoms with Crippen LogP contribution in [0.2, 0.25) is 0 Å². The summed E-state index contributed by atoms with van der Waals surface area (Å²) in [6.07, 6.45) is 4.16. The van der Waals surface area contributed by atoms with Crippen molar-refractivity contribution in [3.63, 3.8) is 0 Å². The van der Waals surface area contributed by atoms with Gasteiger partial charge in [-0.2, -0.15) is 0 Å². The van der Waals surface area contributed by atoms with Crippen LogP contribution >= 0.6 is 0 Å². The smallest absolute Gasteiger partial charge is 0.253 e. The maximum absolute atomic E-state index is 12.8. The molecule has 2 aliphatic rings. The molecule has 2 N–H and O–H groups in total. The summed E-state index contributed by atoms with van der Waals surface area (Å²) in [6, 6.07) is 14.4. The van der Waals surface area contributed by atoms with Gasteiger partial charge in [-0.25, -0.2) is 0 Å². The Balaban J connectivity index is 1.26. The molecule has 2 heterocycles. The monoisotopic (exact) mass is 476 g/mol. The molecule has 0 bridgehead atoms. The molecule has 0 radical (unpaired) electrons. The fourth-order valence-electron chi connectivity index (χ4n) is 4.63. The zero-order valence-corrected chi connectivity index (χ0v) is 20.8. The maximum Gasteiger partial charge on any atom is 0.253 e. The Morgan fingerprint density at radius 2 is 1.29 bits per heavy atom. The first-order valence-electron chi connectivity index (χ1n) is 12.7. The van der Waals surface area contributed by atoms with Crippen molar-refractivity contribution >= 4 is 29.1 Å². The van der Waals surface area contributed by atoms with Crippen LogP contribution in [0.5, 0.6) is 0 Å². The van der Waals surface area contributed by atoms with E-state index in [1.54, 1.807) is 30.3 Å². The van der Waals surface area contributed by atoms with E-state index in [0.29, 0.717) is 28.7 Å². The van der Waals surface area contributed by atoms with Crippen LogP contribution in [0.3, 0.4) is 0 Å². The fraction of sp³-hybridized carbons (Fsp3) is 0.464. The van der Waals surface area contributed by atoms with Gasteiger partial charge in [-0.1, -0.05) is 19.9 Å². The van der Waals surface area contributed by atoms with E-state index in [0.717, 1.165) is 57.5 Å². The molecule has 4 rings (SSSR count). The van der Waals surface area contributed by atoms with Crippen LogP contribution in [0.4, 0.5) is 11.4 Å². The van der Waals surface area contributed by atoms with Gasteiger partial charge in [0.2, 0.25) is 5.91 Å². The molecule has 35 heavy (non-hydrogen) atoms. The molecule has 0 atom stereocenters. The van der Waals surface area contributed by atoms with Crippen molar-refractivity contribution < 1.29 is 14.4 Å². The van der Waals surface area contributed by atoms with Crippen molar-refractivity contribution in [2.75, 3.05) is 43.4 Å². The highest BCUT2D eigenvalue weighted by atomic mass is 16.2. The van der Waals surface area contributed by atoms with Crippen molar-refractivity contribution in [3.05, 3.63) is 59.7 Å². The molecule has 0 unspecified atom stereocenters. The molecule has 2 aromatic carbocycles. The minimum atomic E-state index is -0.198. The molecule has 0 aromatic heterocycles. The highest BCUT2D eigenvalue weighted by Crippen LogP contribution is 2.21. The van der Waals surface area contributed by atoms with E-state index in [1.807, 2.05) is 28.0 Å². The van der Waals surface area contributed by atoms with Gasteiger partial charge in [-0.15, -0.1) is 0 Å². The first-order chi connectivity index (χ1) is 16.9. The Hall–Kier alpha value is -3.35. The number of amides is 3. The van der Waals surface area contributed by atoms with Crippen LogP contribution in [0, 0.1) is 11.8 Å². The molecule has 0 saturated carbocycles. The number of carbonyl (C=O) groups is 3. The zero-order chi connectivity index (χ0) is 24.8. The van der Waals surface area contributed by atoms with Crippen LogP contribution in [0.15, 0.2) is 48.5 Å². The second kappa shape index (κ2) is 11.4. The Bertz CT molecular complexity index is 1040. The average molecular weight is 477 g/mol. The second-order valence-electron chi connectivity index (χ2n) is 10.0. The molecule has 0 aliphatic carbocycles. The lowest BCUT2D eigenvalue weighted by atomic mass is 9.98. The normalized spacial score (nSPS) is 17.2. The number of hydrogen-bond acceptors (Lipinski definition) is 4. The Morgan fingerprint density at radius 3 is 1.86 bits per heavy atom. The number of likely N-dealkylation sites (tertiary alicyclic amines) is 2. The first-order valence-corrected chi connectivity index (χ1v) is 12.7. The van der Waals surface area contributed by atoms with Crippen molar-refractivity contribution in [1.29, 1.82) is 0 Å². The number of rotatable bonds is 6. The number of hydrogen-bond donors (Lipinski definition) is 2. The van der Waals surface area contributed by atoms with E-state index in [2.05, 4.69) is 24.5 Å². The summed E-state index contributed by atoms with van der Waals surface area (Å²) in [5.41, 5.74) is 2.64. The van der Waals surface area contributed by atoms with Gasteiger partial charge in [0.05, 0.1) is 6.54 Å². The lowest BCUT2D eigenvalue weighted by molar-refractivity contribution is -0.114. The molecule has 2 aliphatic heterocycles. The molecular weight excluding hydrogens is 440 g/mol. The molecule has 7 nitrogen and oxygen atoms in total. The van der Waals surface area contributed by atoms with Crippen molar-refractivity contribution in [2.24, 2.45) is 11.8 Å². The number of anilines is 2.